The zero-order chi connectivity index (χ0) is 15.4. The van der Waals surface area contributed by atoms with Crippen molar-refractivity contribution in [2.75, 3.05) is 33.5 Å². The van der Waals surface area contributed by atoms with Crippen LogP contribution in [-0.4, -0.2) is 45.5 Å². The molecule has 0 saturated heterocycles. The lowest BCUT2D eigenvalue weighted by Gasteiger charge is -2.15. The van der Waals surface area contributed by atoms with Gasteiger partial charge in [-0.3, -0.25) is 13.6 Å². The maximum atomic E-state index is 11.8. The molecule has 20 heavy (non-hydrogen) atoms. The first kappa shape index (κ1) is 18.5. The number of esters is 2. The van der Waals surface area contributed by atoms with Gasteiger partial charge >= 0.3 is 19.8 Å². The first-order valence-electron chi connectivity index (χ1n) is 5.50. The predicted molar refractivity (Wildman–Crippen MR) is 68.8 cm³/mol. The second-order valence-corrected chi connectivity index (χ2v) is 4.82. The molecule has 0 N–H and O–H groups in total. The van der Waals surface area contributed by atoms with Gasteiger partial charge in [-0.1, -0.05) is 13.2 Å². The van der Waals surface area contributed by atoms with Crippen LogP contribution < -0.4 is 0 Å². The summed E-state index contributed by atoms with van der Waals surface area (Å²) < 4.78 is 35.3. The standard InChI is InChI=1S/C11H17O8P/c1-4-10(12)16-6-8-18-20(14,15-3)19-9-7-17-11(13)5-2/h4-5H,1-2,6-9H2,3H3. The molecule has 114 valence electrons. The average Bonchev–Trinajstić information content (AvgIpc) is 2.47. The maximum Gasteiger partial charge on any atom is 0.474 e. The van der Waals surface area contributed by atoms with Gasteiger partial charge in [0.15, 0.2) is 0 Å². The van der Waals surface area contributed by atoms with Gasteiger partial charge in [-0.15, -0.1) is 0 Å². The summed E-state index contributed by atoms with van der Waals surface area (Å²) in [7, 11) is -2.64. The monoisotopic (exact) mass is 308 g/mol. The summed E-state index contributed by atoms with van der Waals surface area (Å²) in [4.78, 5) is 21.5. The van der Waals surface area contributed by atoms with E-state index in [4.69, 9.17) is 9.05 Å². The molecule has 9 heteroatoms. The Balaban J connectivity index is 3.92. The summed E-state index contributed by atoms with van der Waals surface area (Å²) in [6.45, 7) is 5.78. The third kappa shape index (κ3) is 8.60. The fraction of sp³-hybridized carbons (Fsp3) is 0.455. The number of ether oxygens (including phenoxy) is 2. The van der Waals surface area contributed by atoms with Crippen molar-refractivity contribution in [2.24, 2.45) is 0 Å². The van der Waals surface area contributed by atoms with Gasteiger partial charge in [0.25, 0.3) is 0 Å². The van der Waals surface area contributed by atoms with Crippen molar-refractivity contribution in [1.82, 2.24) is 0 Å². The fourth-order valence-electron chi connectivity index (χ4n) is 0.843. The van der Waals surface area contributed by atoms with Crippen LogP contribution in [-0.2, 0) is 37.2 Å². The summed E-state index contributed by atoms with van der Waals surface area (Å²) in [5.41, 5.74) is 0. The van der Waals surface area contributed by atoms with E-state index in [1.165, 1.54) is 0 Å². The Hall–Kier alpha value is -1.47. The number of hydrogen-bond donors (Lipinski definition) is 0. The van der Waals surface area contributed by atoms with Crippen LogP contribution in [0.15, 0.2) is 25.3 Å². The van der Waals surface area contributed by atoms with E-state index in [0.29, 0.717) is 0 Å². The van der Waals surface area contributed by atoms with E-state index in [1.807, 2.05) is 0 Å². The molecule has 0 rings (SSSR count). The van der Waals surface area contributed by atoms with Gasteiger partial charge in [0.2, 0.25) is 0 Å². The van der Waals surface area contributed by atoms with Crippen LogP contribution in [0, 0.1) is 0 Å². The van der Waals surface area contributed by atoms with E-state index in [0.717, 1.165) is 19.3 Å². The van der Waals surface area contributed by atoms with E-state index in [-0.39, 0.29) is 26.4 Å². The highest BCUT2D eigenvalue weighted by Gasteiger charge is 2.24. The van der Waals surface area contributed by atoms with Crippen LogP contribution in [0.2, 0.25) is 0 Å². The zero-order valence-electron chi connectivity index (χ0n) is 11.1. The summed E-state index contributed by atoms with van der Waals surface area (Å²) >= 11 is 0. The summed E-state index contributed by atoms with van der Waals surface area (Å²) in [6.07, 6.45) is 1.97. The van der Waals surface area contributed by atoms with Crippen LogP contribution in [0.3, 0.4) is 0 Å². The number of carbonyl (C=O) groups excluding carboxylic acids is 2. The smallest absolute Gasteiger partial charge is 0.460 e. The molecule has 0 aromatic carbocycles. The van der Waals surface area contributed by atoms with Crippen LogP contribution >= 0.6 is 7.82 Å². The normalized spacial score (nSPS) is 10.7. The van der Waals surface area contributed by atoms with Crippen molar-refractivity contribution in [3.05, 3.63) is 25.3 Å². The molecule has 0 aliphatic heterocycles. The van der Waals surface area contributed by atoms with E-state index in [2.05, 4.69) is 27.2 Å². The van der Waals surface area contributed by atoms with Crippen molar-refractivity contribution in [2.45, 2.75) is 0 Å². The molecule has 0 atom stereocenters. The minimum Gasteiger partial charge on any atom is -0.460 e. The number of phosphoric acid groups is 1. The van der Waals surface area contributed by atoms with Gasteiger partial charge in [0.05, 0.1) is 13.2 Å². The Kier molecular flexibility index (Phi) is 9.57. The van der Waals surface area contributed by atoms with E-state index in [9.17, 15) is 14.2 Å². The number of rotatable bonds is 11. The summed E-state index contributed by atoms with van der Waals surface area (Å²) in [6, 6.07) is 0. The molecule has 0 fully saturated rings. The lowest BCUT2D eigenvalue weighted by molar-refractivity contribution is -0.139. The second kappa shape index (κ2) is 10.3. The Morgan fingerprint density at radius 3 is 1.65 bits per heavy atom. The van der Waals surface area contributed by atoms with Crippen LogP contribution in [0.4, 0.5) is 0 Å². The number of carbonyl (C=O) groups is 2. The number of phosphoric ester groups is 1. The second-order valence-electron chi connectivity index (χ2n) is 3.04. The van der Waals surface area contributed by atoms with E-state index >= 15 is 0 Å². The van der Waals surface area contributed by atoms with Gasteiger partial charge in [-0.25, -0.2) is 14.2 Å². The Morgan fingerprint density at radius 1 is 0.950 bits per heavy atom. The van der Waals surface area contributed by atoms with Crippen LogP contribution in [0.25, 0.3) is 0 Å². The minimum absolute atomic E-state index is 0.132. The predicted octanol–water partition coefficient (Wildman–Crippen LogP) is 1.23. The highest BCUT2D eigenvalue weighted by molar-refractivity contribution is 7.48. The molecule has 0 unspecified atom stereocenters. The lowest BCUT2D eigenvalue weighted by atomic mass is 10.6. The SMILES string of the molecule is C=CC(=O)OCCOP(=O)(OC)OCCOC(=O)C=C. The molecule has 0 heterocycles. The maximum absolute atomic E-state index is 11.8. The number of hydrogen-bond acceptors (Lipinski definition) is 8. The lowest BCUT2D eigenvalue weighted by Crippen LogP contribution is -2.11. The zero-order valence-corrected chi connectivity index (χ0v) is 12.0. The van der Waals surface area contributed by atoms with Crippen molar-refractivity contribution in [3.8, 4) is 0 Å². The molecular formula is C11H17O8P. The van der Waals surface area contributed by atoms with Crippen molar-refractivity contribution < 1.29 is 37.2 Å². The van der Waals surface area contributed by atoms with Crippen molar-refractivity contribution >= 4 is 19.8 Å². The molecule has 0 aromatic heterocycles. The van der Waals surface area contributed by atoms with E-state index < -0.39 is 19.8 Å². The highest BCUT2D eigenvalue weighted by Crippen LogP contribution is 2.48. The molecule has 8 nitrogen and oxygen atoms in total. The molecule has 0 aliphatic carbocycles. The molecule has 0 aromatic rings. The molecular weight excluding hydrogens is 291 g/mol. The van der Waals surface area contributed by atoms with Crippen molar-refractivity contribution in [3.63, 3.8) is 0 Å². The summed E-state index contributed by atoms with van der Waals surface area (Å²) in [5, 5.41) is 0. The van der Waals surface area contributed by atoms with Gasteiger partial charge < -0.3 is 9.47 Å². The Labute approximate surface area is 116 Å². The van der Waals surface area contributed by atoms with Gasteiger partial charge in [-0.2, -0.15) is 0 Å². The van der Waals surface area contributed by atoms with Crippen molar-refractivity contribution in [1.29, 1.82) is 0 Å². The van der Waals surface area contributed by atoms with E-state index in [1.54, 1.807) is 0 Å². The molecule has 0 spiro atoms. The van der Waals surface area contributed by atoms with Crippen LogP contribution in [0.5, 0.6) is 0 Å². The molecule has 0 radical (unpaired) electrons. The summed E-state index contributed by atoms with van der Waals surface area (Å²) in [5.74, 6) is -1.25. The highest BCUT2D eigenvalue weighted by atomic mass is 31.2. The van der Waals surface area contributed by atoms with Gasteiger partial charge in [-0.05, 0) is 0 Å². The largest absolute Gasteiger partial charge is 0.474 e. The average molecular weight is 308 g/mol. The Morgan fingerprint density at radius 2 is 1.35 bits per heavy atom. The third-order valence-electron chi connectivity index (χ3n) is 1.71. The fourth-order valence-corrected chi connectivity index (χ4v) is 1.72. The topological polar surface area (TPSA) is 97.4 Å². The molecule has 0 saturated carbocycles. The first-order valence-corrected chi connectivity index (χ1v) is 6.96. The Bertz CT molecular complexity index is 360. The quantitative estimate of drug-likeness (QED) is 0.243. The molecule has 0 amide bonds. The third-order valence-corrected chi connectivity index (χ3v) is 3.16. The minimum atomic E-state index is -3.77. The molecule has 0 aliphatic rings. The molecule has 0 bridgehead atoms. The first-order chi connectivity index (χ1) is 9.47. The van der Waals surface area contributed by atoms with Gasteiger partial charge in [0, 0.05) is 19.3 Å². The van der Waals surface area contributed by atoms with Crippen LogP contribution in [0.1, 0.15) is 0 Å². The van der Waals surface area contributed by atoms with Gasteiger partial charge in [0.1, 0.15) is 13.2 Å².